The molecular formula is C14H11Cl2N3. The summed E-state index contributed by atoms with van der Waals surface area (Å²) in [5, 5.41) is 0.692. The predicted molar refractivity (Wildman–Crippen MR) is 78.8 cm³/mol. The number of aryl methyl sites for hydroxylation is 2. The fraction of sp³-hybridized carbons (Fsp3) is 0.143. The number of rotatable bonds is 1. The summed E-state index contributed by atoms with van der Waals surface area (Å²) in [7, 11) is 0. The Kier molecular flexibility index (Phi) is 2.96. The number of H-pyrrole nitrogens is 1. The Morgan fingerprint density at radius 2 is 1.63 bits per heavy atom. The molecule has 0 saturated carbocycles. The van der Waals surface area contributed by atoms with Gasteiger partial charge in [0.05, 0.1) is 10.5 Å². The lowest BCUT2D eigenvalue weighted by molar-refractivity contribution is 1.28. The normalized spacial score (nSPS) is 11.2. The van der Waals surface area contributed by atoms with Crippen molar-refractivity contribution < 1.29 is 0 Å². The number of nitrogens with one attached hydrogen (secondary N) is 1. The van der Waals surface area contributed by atoms with Gasteiger partial charge in [-0.1, -0.05) is 40.4 Å². The first-order chi connectivity index (χ1) is 9.02. The van der Waals surface area contributed by atoms with Crippen LogP contribution in [0.15, 0.2) is 24.3 Å². The summed E-state index contributed by atoms with van der Waals surface area (Å²) in [5.41, 5.74) is 4.77. The molecule has 1 N–H and O–H groups in total. The molecule has 0 atom stereocenters. The van der Waals surface area contributed by atoms with Gasteiger partial charge >= 0.3 is 0 Å². The Morgan fingerprint density at radius 3 is 2.32 bits per heavy atom. The van der Waals surface area contributed by atoms with Crippen molar-refractivity contribution in [3.05, 3.63) is 45.6 Å². The van der Waals surface area contributed by atoms with Gasteiger partial charge in [-0.2, -0.15) is 0 Å². The molecule has 0 aliphatic heterocycles. The highest BCUT2D eigenvalue weighted by molar-refractivity contribution is 6.41. The van der Waals surface area contributed by atoms with Crippen molar-refractivity contribution in [3.8, 4) is 11.4 Å². The van der Waals surface area contributed by atoms with E-state index in [1.54, 1.807) is 6.07 Å². The molecule has 96 valence electrons. The first-order valence-corrected chi connectivity index (χ1v) is 6.59. The third-order valence-electron chi connectivity index (χ3n) is 2.88. The zero-order valence-corrected chi connectivity index (χ0v) is 12.0. The van der Waals surface area contributed by atoms with Gasteiger partial charge in [0.25, 0.3) is 0 Å². The topological polar surface area (TPSA) is 41.6 Å². The highest BCUT2D eigenvalue weighted by Crippen LogP contribution is 2.26. The van der Waals surface area contributed by atoms with E-state index in [0.717, 1.165) is 16.9 Å². The first kappa shape index (κ1) is 12.5. The van der Waals surface area contributed by atoms with E-state index in [9.17, 15) is 0 Å². The molecule has 5 heteroatoms. The van der Waals surface area contributed by atoms with E-state index in [1.165, 1.54) is 11.1 Å². The SMILES string of the molecule is Cc1cc(C)cc(-c2nc3nc(Cl)c(Cl)cc3[nH]2)c1. The number of halogens is 2. The maximum atomic E-state index is 5.95. The summed E-state index contributed by atoms with van der Waals surface area (Å²) < 4.78 is 0. The van der Waals surface area contributed by atoms with Crippen molar-refractivity contribution in [2.24, 2.45) is 0 Å². The predicted octanol–water partition coefficient (Wildman–Crippen LogP) is 4.55. The summed E-state index contributed by atoms with van der Waals surface area (Å²) in [6.45, 7) is 4.12. The third-order valence-corrected chi connectivity index (χ3v) is 3.55. The van der Waals surface area contributed by atoms with Crippen LogP contribution in [0.2, 0.25) is 10.2 Å². The molecule has 0 spiro atoms. The largest absolute Gasteiger partial charge is 0.337 e. The minimum absolute atomic E-state index is 0.271. The maximum absolute atomic E-state index is 5.95. The molecule has 0 amide bonds. The van der Waals surface area contributed by atoms with Crippen molar-refractivity contribution in [2.45, 2.75) is 13.8 Å². The minimum Gasteiger partial charge on any atom is -0.337 e. The van der Waals surface area contributed by atoms with Crippen LogP contribution in [-0.2, 0) is 0 Å². The highest BCUT2D eigenvalue weighted by atomic mass is 35.5. The zero-order chi connectivity index (χ0) is 13.6. The van der Waals surface area contributed by atoms with Gasteiger partial charge in [0, 0.05) is 5.56 Å². The number of hydrogen-bond donors (Lipinski definition) is 1. The smallest absolute Gasteiger partial charge is 0.179 e. The molecule has 0 bridgehead atoms. The van der Waals surface area contributed by atoms with Crippen molar-refractivity contribution in [1.29, 1.82) is 0 Å². The molecule has 19 heavy (non-hydrogen) atoms. The molecule has 2 aromatic heterocycles. The van der Waals surface area contributed by atoms with Crippen LogP contribution in [0.25, 0.3) is 22.6 Å². The van der Waals surface area contributed by atoms with Gasteiger partial charge < -0.3 is 4.98 Å². The molecule has 0 fully saturated rings. The molecule has 1 aromatic carbocycles. The van der Waals surface area contributed by atoms with Gasteiger partial charge in [0.1, 0.15) is 11.0 Å². The van der Waals surface area contributed by atoms with E-state index in [1.807, 2.05) is 0 Å². The number of aromatic amines is 1. The summed E-state index contributed by atoms with van der Waals surface area (Å²) in [6, 6.07) is 8.02. The second kappa shape index (κ2) is 4.51. The second-order valence-corrected chi connectivity index (χ2v) is 5.36. The number of hydrogen-bond acceptors (Lipinski definition) is 2. The average Bonchev–Trinajstić information content (AvgIpc) is 2.71. The lowest BCUT2D eigenvalue weighted by atomic mass is 10.1. The summed E-state index contributed by atoms with van der Waals surface area (Å²) >= 11 is 11.8. The monoisotopic (exact) mass is 291 g/mol. The minimum atomic E-state index is 0.271. The number of fused-ring (bicyclic) bond motifs is 1. The van der Waals surface area contributed by atoms with Crippen LogP contribution in [0.5, 0.6) is 0 Å². The van der Waals surface area contributed by atoms with Gasteiger partial charge in [-0.3, -0.25) is 0 Å². The molecule has 3 aromatic rings. The molecule has 0 aliphatic carbocycles. The Balaban J connectivity index is 2.20. The summed E-state index contributed by atoms with van der Waals surface area (Å²) in [4.78, 5) is 11.8. The van der Waals surface area contributed by atoms with Crippen LogP contribution in [0.4, 0.5) is 0 Å². The van der Waals surface area contributed by atoms with E-state index < -0.39 is 0 Å². The van der Waals surface area contributed by atoms with Gasteiger partial charge in [-0.05, 0) is 32.0 Å². The van der Waals surface area contributed by atoms with Crippen LogP contribution in [-0.4, -0.2) is 15.0 Å². The number of imidazole rings is 1. The van der Waals surface area contributed by atoms with E-state index in [-0.39, 0.29) is 5.15 Å². The second-order valence-electron chi connectivity index (χ2n) is 4.59. The zero-order valence-electron chi connectivity index (χ0n) is 10.5. The number of benzene rings is 1. The van der Waals surface area contributed by atoms with Crippen molar-refractivity contribution in [3.63, 3.8) is 0 Å². The van der Waals surface area contributed by atoms with Gasteiger partial charge in [0.15, 0.2) is 5.65 Å². The standard InChI is InChI=1S/C14H11Cl2N3/c1-7-3-8(2)5-9(4-7)13-17-11-6-10(15)12(16)18-14(11)19-13/h3-6H,1-2H3,(H,17,18,19). The Labute approximate surface area is 120 Å². The molecule has 2 heterocycles. The average molecular weight is 292 g/mol. The number of aromatic nitrogens is 3. The van der Waals surface area contributed by atoms with Gasteiger partial charge in [-0.25, -0.2) is 9.97 Å². The molecule has 0 radical (unpaired) electrons. The number of nitrogens with zero attached hydrogens (tertiary/aromatic N) is 2. The molecule has 0 aliphatic rings. The molecule has 0 unspecified atom stereocenters. The van der Waals surface area contributed by atoms with Crippen molar-refractivity contribution in [2.75, 3.05) is 0 Å². The van der Waals surface area contributed by atoms with Crippen LogP contribution >= 0.6 is 23.2 Å². The Hall–Kier alpha value is -1.58. The van der Waals surface area contributed by atoms with Crippen molar-refractivity contribution in [1.82, 2.24) is 15.0 Å². The summed E-state index contributed by atoms with van der Waals surface area (Å²) in [6.07, 6.45) is 0. The van der Waals surface area contributed by atoms with Gasteiger partial charge in [-0.15, -0.1) is 0 Å². The van der Waals surface area contributed by atoms with E-state index >= 15 is 0 Å². The molecular weight excluding hydrogens is 281 g/mol. The van der Waals surface area contributed by atoms with Gasteiger partial charge in [0.2, 0.25) is 0 Å². The number of pyridine rings is 1. The quantitative estimate of drug-likeness (QED) is 0.668. The van der Waals surface area contributed by atoms with E-state index in [2.05, 4.69) is 47.0 Å². The Morgan fingerprint density at radius 1 is 0.947 bits per heavy atom. The molecule has 3 rings (SSSR count). The fourth-order valence-electron chi connectivity index (χ4n) is 2.14. The first-order valence-electron chi connectivity index (χ1n) is 5.83. The van der Waals surface area contributed by atoms with Crippen molar-refractivity contribution >= 4 is 34.4 Å². The molecule has 3 nitrogen and oxygen atoms in total. The maximum Gasteiger partial charge on any atom is 0.179 e. The van der Waals surface area contributed by atoms with Crippen LogP contribution in [0.1, 0.15) is 11.1 Å². The van der Waals surface area contributed by atoms with E-state index in [4.69, 9.17) is 23.2 Å². The lowest BCUT2D eigenvalue weighted by Gasteiger charge is -2.01. The highest BCUT2D eigenvalue weighted by Gasteiger charge is 2.10. The third kappa shape index (κ3) is 2.31. The molecule has 0 saturated heterocycles. The summed E-state index contributed by atoms with van der Waals surface area (Å²) in [5.74, 6) is 0.771. The van der Waals surface area contributed by atoms with Crippen LogP contribution in [0.3, 0.4) is 0 Å². The van der Waals surface area contributed by atoms with Crippen LogP contribution < -0.4 is 0 Å². The van der Waals surface area contributed by atoms with Crippen LogP contribution in [0, 0.1) is 13.8 Å². The van der Waals surface area contributed by atoms with E-state index in [0.29, 0.717) is 10.7 Å². The Bertz CT molecular complexity index is 718. The lowest BCUT2D eigenvalue weighted by Crippen LogP contribution is -1.84. The fourth-order valence-corrected chi connectivity index (χ4v) is 2.43.